The lowest BCUT2D eigenvalue weighted by atomic mass is 9.90. The minimum absolute atomic E-state index is 0.178. The molecule has 0 saturated carbocycles. The summed E-state index contributed by atoms with van der Waals surface area (Å²) in [6.45, 7) is -2.41. The van der Waals surface area contributed by atoms with Gasteiger partial charge in [-0.3, -0.25) is 9.36 Å². The second-order valence-corrected chi connectivity index (χ2v) is 6.86. The van der Waals surface area contributed by atoms with Crippen molar-refractivity contribution in [3.8, 4) is 0 Å². The smallest absolute Gasteiger partial charge is 0.320 e. The lowest BCUT2D eigenvalue weighted by Crippen LogP contribution is -2.27. The van der Waals surface area contributed by atoms with Gasteiger partial charge in [-0.2, -0.15) is 8.78 Å². The number of hydrogen-bond donors (Lipinski definition) is 1. The molecule has 1 amide bonds. The van der Waals surface area contributed by atoms with Gasteiger partial charge in [0.05, 0.1) is 11.0 Å². The van der Waals surface area contributed by atoms with Crippen LogP contribution in [0, 0.1) is 0 Å². The van der Waals surface area contributed by atoms with Crippen molar-refractivity contribution in [1.29, 1.82) is 0 Å². The molecular formula is C21H21F2N3O. The Kier molecular flexibility index (Phi) is 4.88. The van der Waals surface area contributed by atoms with E-state index in [9.17, 15) is 13.6 Å². The first kappa shape index (κ1) is 17.6. The molecule has 1 aromatic heterocycles. The van der Waals surface area contributed by atoms with E-state index in [4.69, 9.17) is 0 Å². The lowest BCUT2D eigenvalue weighted by Gasteiger charge is -2.16. The number of amides is 1. The van der Waals surface area contributed by atoms with Crippen molar-refractivity contribution in [3.05, 3.63) is 65.0 Å². The second-order valence-electron chi connectivity index (χ2n) is 6.86. The van der Waals surface area contributed by atoms with Crippen LogP contribution in [0.5, 0.6) is 0 Å². The molecule has 1 N–H and O–H groups in total. The maximum atomic E-state index is 13.4. The molecule has 2 aromatic carbocycles. The Morgan fingerprint density at radius 2 is 1.89 bits per heavy atom. The van der Waals surface area contributed by atoms with E-state index in [-0.39, 0.29) is 24.7 Å². The molecule has 0 fully saturated rings. The number of aryl methyl sites for hydroxylation is 2. The summed E-state index contributed by atoms with van der Waals surface area (Å²) in [5.74, 6) is 0.0972. The number of carbonyl (C=O) groups is 1. The van der Waals surface area contributed by atoms with Crippen LogP contribution in [-0.2, 0) is 19.3 Å². The van der Waals surface area contributed by atoms with E-state index in [1.807, 2.05) is 18.2 Å². The van der Waals surface area contributed by atoms with Crippen molar-refractivity contribution in [2.75, 3.05) is 6.54 Å². The number of rotatable bonds is 5. The Hall–Kier alpha value is -2.76. The molecule has 0 unspecified atom stereocenters. The molecule has 140 valence electrons. The fraction of sp³-hybridized carbons (Fsp3) is 0.333. The summed E-state index contributed by atoms with van der Waals surface area (Å²) in [5.41, 5.74) is 4.13. The Labute approximate surface area is 156 Å². The quantitative estimate of drug-likeness (QED) is 0.730. The predicted molar refractivity (Wildman–Crippen MR) is 100 cm³/mol. The standard InChI is InChI=1S/C21H21F2N3O/c22-21(23)26-18-8-4-3-7-17(18)25-19(26)11-12-24-20(27)16-10-9-14-5-1-2-6-15(14)13-16/h3-4,7-10,13,21H,1-2,5-6,11-12H2,(H,24,27). The van der Waals surface area contributed by atoms with Gasteiger partial charge in [0.2, 0.25) is 0 Å². The highest BCUT2D eigenvalue weighted by Crippen LogP contribution is 2.24. The van der Waals surface area contributed by atoms with E-state index in [0.29, 0.717) is 16.6 Å². The van der Waals surface area contributed by atoms with Gasteiger partial charge in [0.1, 0.15) is 5.82 Å². The molecule has 4 nitrogen and oxygen atoms in total. The fourth-order valence-corrected chi connectivity index (χ4v) is 3.75. The van der Waals surface area contributed by atoms with Gasteiger partial charge in [0, 0.05) is 18.5 Å². The number of benzene rings is 2. The average Bonchev–Trinajstić information content (AvgIpc) is 3.06. The number of para-hydroxylation sites is 2. The van der Waals surface area contributed by atoms with Crippen molar-refractivity contribution >= 4 is 16.9 Å². The molecule has 1 aliphatic carbocycles. The van der Waals surface area contributed by atoms with Crippen LogP contribution in [0.2, 0.25) is 0 Å². The molecule has 3 aromatic rings. The summed E-state index contributed by atoms with van der Waals surface area (Å²) in [6.07, 6.45) is 4.68. The highest BCUT2D eigenvalue weighted by molar-refractivity contribution is 5.94. The van der Waals surface area contributed by atoms with Crippen LogP contribution in [0.3, 0.4) is 0 Å². The van der Waals surface area contributed by atoms with Gasteiger partial charge in [-0.05, 0) is 61.1 Å². The Morgan fingerprint density at radius 3 is 2.70 bits per heavy atom. The van der Waals surface area contributed by atoms with Gasteiger partial charge in [-0.25, -0.2) is 4.98 Å². The number of nitrogens with one attached hydrogen (secondary N) is 1. The van der Waals surface area contributed by atoms with Crippen LogP contribution in [0.1, 0.15) is 46.7 Å². The molecule has 0 atom stereocenters. The molecule has 1 aliphatic rings. The molecule has 0 bridgehead atoms. The van der Waals surface area contributed by atoms with Crippen molar-refractivity contribution in [3.63, 3.8) is 0 Å². The number of aromatic nitrogens is 2. The zero-order valence-electron chi connectivity index (χ0n) is 14.9. The zero-order chi connectivity index (χ0) is 18.8. The van der Waals surface area contributed by atoms with Crippen LogP contribution in [0.15, 0.2) is 42.5 Å². The van der Waals surface area contributed by atoms with Gasteiger partial charge in [-0.15, -0.1) is 0 Å². The Balaban J connectivity index is 1.45. The van der Waals surface area contributed by atoms with Gasteiger partial charge < -0.3 is 5.32 Å². The van der Waals surface area contributed by atoms with Gasteiger partial charge in [0.25, 0.3) is 5.91 Å². The second kappa shape index (κ2) is 7.47. The van der Waals surface area contributed by atoms with Gasteiger partial charge >= 0.3 is 6.55 Å². The summed E-state index contributed by atoms with van der Waals surface area (Å²) in [6, 6.07) is 12.6. The molecule has 0 radical (unpaired) electrons. The maximum Gasteiger partial charge on any atom is 0.320 e. The molecule has 0 saturated heterocycles. The monoisotopic (exact) mass is 369 g/mol. The average molecular weight is 369 g/mol. The van der Waals surface area contributed by atoms with Gasteiger partial charge in [-0.1, -0.05) is 18.2 Å². The fourth-order valence-electron chi connectivity index (χ4n) is 3.75. The van der Waals surface area contributed by atoms with E-state index in [0.717, 1.165) is 23.8 Å². The number of halogens is 2. The predicted octanol–water partition coefficient (Wildman–Crippen LogP) is 4.28. The highest BCUT2D eigenvalue weighted by atomic mass is 19.3. The third-order valence-corrected chi connectivity index (χ3v) is 5.11. The zero-order valence-corrected chi connectivity index (χ0v) is 14.9. The van der Waals surface area contributed by atoms with E-state index >= 15 is 0 Å². The summed E-state index contributed by atoms with van der Waals surface area (Å²) >= 11 is 0. The van der Waals surface area contributed by atoms with E-state index < -0.39 is 6.55 Å². The minimum Gasteiger partial charge on any atom is -0.352 e. The van der Waals surface area contributed by atoms with Crippen molar-refractivity contribution in [1.82, 2.24) is 14.9 Å². The maximum absolute atomic E-state index is 13.4. The summed E-state index contributed by atoms with van der Waals surface area (Å²) < 4.78 is 27.8. The van der Waals surface area contributed by atoms with Crippen molar-refractivity contribution in [2.45, 2.75) is 38.7 Å². The van der Waals surface area contributed by atoms with E-state index in [1.54, 1.807) is 24.3 Å². The molecule has 6 heteroatoms. The van der Waals surface area contributed by atoms with Crippen LogP contribution >= 0.6 is 0 Å². The van der Waals surface area contributed by atoms with Crippen LogP contribution in [-0.4, -0.2) is 22.0 Å². The molecule has 27 heavy (non-hydrogen) atoms. The molecule has 0 spiro atoms. The van der Waals surface area contributed by atoms with Crippen molar-refractivity contribution in [2.24, 2.45) is 0 Å². The Morgan fingerprint density at radius 1 is 1.11 bits per heavy atom. The molecule has 0 aliphatic heterocycles. The number of hydrogen-bond acceptors (Lipinski definition) is 2. The first-order chi connectivity index (χ1) is 13.1. The molecular weight excluding hydrogens is 348 g/mol. The van der Waals surface area contributed by atoms with E-state index in [1.165, 1.54) is 17.5 Å². The topological polar surface area (TPSA) is 46.9 Å². The molecule has 1 heterocycles. The number of fused-ring (bicyclic) bond motifs is 2. The number of alkyl halides is 2. The van der Waals surface area contributed by atoms with Gasteiger partial charge in [0.15, 0.2) is 0 Å². The number of carbonyl (C=O) groups excluding carboxylic acids is 1. The van der Waals surface area contributed by atoms with Crippen LogP contribution in [0.4, 0.5) is 8.78 Å². The van der Waals surface area contributed by atoms with Crippen molar-refractivity contribution < 1.29 is 13.6 Å². The summed E-state index contributed by atoms with van der Waals surface area (Å²) in [7, 11) is 0. The summed E-state index contributed by atoms with van der Waals surface area (Å²) in [5, 5.41) is 2.83. The first-order valence-corrected chi connectivity index (χ1v) is 9.27. The lowest BCUT2D eigenvalue weighted by molar-refractivity contribution is 0.0715. The first-order valence-electron chi connectivity index (χ1n) is 9.27. The van der Waals surface area contributed by atoms with Crippen LogP contribution < -0.4 is 5.32 Å². The molecule has 4 rings (SSSR count). The minimum atomic E-state index is -2.66. The van der Waals surface area contributed by atoms with Crippen LogP contribution in [0.25, 0.3) is 11.0 Å². The Bertz CT molecular complexity index is 981. The highest BCUT2D eigenvalue weighted by Gasteiger charge is 2.18. The number of nitrogens with zero attached hydrogens (tertiary/aromatic N) is 2. The normalized spacial score (nSPS) is 13.7. The third-order valence-electron chi connectivity index (χ3n) is 5.11. The number of imidazole rings is 1. The largest absolute Gasteiger partial charge is 0.352 e. The van der Waals surface area contributed by atoms with E-state index in [2.05, 4.69) is 10.3 Å². The summed E-state index contributed by atoms with van der Waals surface area (Å²) in [4.78, 5) is 16.7. The third kappa shape index (κ3) is 3.56. The SMILES string of the molecule is O=C(NCCc1nc2ccccc2n1C(F)F)c1ccc2c(c1)CCCC2.